The third-order valence-electron chi connectivity index (χ3n) is 11.0. The zero-order valence-corrected chi connectivity index (χ0v) is 24.5. The average Bonchev–Trinajstić information content (AvgIpc) is 3.86. The lowest BCUT2D eigenvalue weighted by molar-refractivity contribution is -0.240. The molecule has 224 valence electrons. The summed E-state index contributed by atoms with van der Waals surface area (Å²) in [7, 11) is 0. The number of aromatic nitrogens is 1. The van der Waals surface area contributed by atoms with Crippen LogP contribution in [-0.4, -0.2) is 40.3 Å². The molecular weight excluding hydrogens is 538 g/mol. The minimum atomic E-state index is -1.12. The number of aliphatic hydroxyl groups is 1. The summed E-state index contributed by atoms with van der Waals surface area (Å²) >= 11 is 0. The first kappa shape index (κ1) is 27.6. The van der Waals surface area contributed by atoms with Gasteiger partial charge in [0.15, 0.2) is 0 Å². The molecule has 0 radical (unpaired) electrons. The van der Waals surface area contributed by atoms with Crippen LogP contribution in [0.4, 0.5) is 0 Å². The van der Waals surface area contributed by atoms with Crippen molar-refractivity contribution in [3.63, 3.8) is 0 Å². The monoisotopic (exact) mass is 577 g/mol. The SMILES string of the molecule is CC12CCC3C(C)(COC(=O)C4CC4)C(OC(=O)C4CC4)CCC3(C)C1C(O)c1c(cc(-c3cccnc3)oc1=O)O2. The topological polar surface area (TPSA) is 125 Å². The van der Waals surface area contributed by atoms with Crippen LogP contribution in [0.15, 0.2) is 39.8 Å². The highest BCUT2D eigenvalue weighted by atomic mass is 16.6. The molecule has 0 aromatic carbocycles. The lowest BCUT2D eigenvalue weighted by atomic mass is 9.43. The number of carbonyl (C=O) groups is 2. The van der Waals surface area contributed by atoms with Crippen molar-refractivity contribution in [2.24, 2.45) is 34.5 Å². The molecule has 7 atom stereocenters. The van der Waals surface area contributed by atoms with Crippen LogP contribution in [0.25, 0.3) is 11.3 Å². The summed E-state index contributed by atoms with van der Waals surface area (Å²) in [5, 5.41) is 12.0. The number of pyridine rings is 1. The normalized spacial score (nSPS) is 37.0. The van der Waals surface area contributed by atoms with Gasteiger partial charge in [0.25, 0.3) is 0 Å². The van der Waals surface area contributed by atoms with Crippen LogP contribution in [0.5, 0.6) is 5.75 Å². The Labute approximate surface area is 244 Å². The smallest absolute Gasteiger partial charge is 0.345 e. The molecule has 2 aromatic rings. The van der Waals surface area contributed by atoms with E-state index in [1.54, 1.807) is 30.6 Å². The summed E-state index contributed by atoms with van der Waals surface area (Å²) in [4.78, 5) is 43.0. The number of hydrogen-bond acceptors (Lipinski definition) is 9. The second-order valence-electron chi connectivity index (χ2n) is 14.0. The molecule has 0 bridgehead atoms. The van der Waals surface area contributed by atoms with Gasteiger partial charge < -0.3 is 23.7 Å². The first-order valence-corrected chi connectivity index (χ1v) is 15.4. The average molecular weight is 578 g/mol. The summed E-state index contributed by atoms with van der Waals surface area (Å²) in [5.41, 5.74) is -1.74. The van der Waals surface area contributed by atoms with E-state index in [0.29, 0.717) is 36.3 Å². The van der Waals surface area contributed by atoms with Crippen molar-refractivity contribution in [1.82, 2.24) is 4.98 Å². The standard InChI is InChI=1S/C33H39NO8/c1-31-12-11-24(41-29(37)19-8-9-19)32(2,17-39-28(36)18-6-7-18)23(31)10-13-33(3)27(31)26(35)25-22(42-33)15-21(40-30(25)38)20-5-4-14-34-16-20/h4-5,14-16,18-19,23-24,26-27,35H,6-13,17H2,1-3H3. The van der Waals surface area contributed by atoms with Gasteiger partial charge >= 0.3 is 17.6 Å². The van der Waals surface area contributed by atoms with Crippen molar-refractivity contribution < 1.29 is 33.3 Å². The Morgan fingerprint density at radius 1 is 1.05 bits per heavy atom. The van der Waals surface area contributed by atoms with E-state index in [1.165, 1.54) is 0 Å². The summed E-state index contributed by atoms with van der Waals surface area (Å²) in [5.74, 6) is -0.229. The molecule has 4 saturated carbocycles. The van der Waals surface area contributed by atoms with Gasteiger partial charge in [-0.25, -0.2) is 4.79 Å². The van der Waals surface area contributed by atoms with E-state index in [0.717, 1.165) is 32.1 Å². The molecule has 0 amide bonds. The predicted octanol–water partition coefficient (Wildman–Crippen LogP) is 4.99. The highest BCUT2D eigenvalue weighted by Crippen LogP contribution is 2.67. The number of nitrogens with zero attached hydrogens (tertiary/aromatic N) is 1. The number of esters is 2. The zero-order chi connectivity index (χ0) is 29.4. The molecule has 7 rings (SSSR count). The van der Waals surface area contributed by atoms with Crippen LogP contribution in [-0.2, 0) is 19.1 Å². The molecule has 7 unspecified atom stereocenters. The molecule has 5 aliphatic rings. The van der Waals surface area contributed by atoms with E-state index in [9.17, 15) is 19.5 Å². The molecule has 1 aliphatic heterocycles. The molecule has 2 aromatic heterocycles. The van der Waals surface area contributed by atoms with Crippen LogP contribution < -0.4 is 10.4 Å². The lowest BCUT2D eigenvalue weighted by Gasteiger charge is -2.65. The number of aliphatic hydroxyl groups excluding tert-OH is 1. The maximum atomic E-state index is 13.4. The fourth-order valence-corrected chi connectivity index (χ4v) is 8.56. The third kappa shape index (κ3) is 4.38. The van der Waals surface area contributed by atoms with Crippen molar-refractivity contribution in [1.29, 1.82) is 0 Å². The predicted molar refractivity (Wildman–Crippen MR) is 150 cm³/mol. The van der Waals surface area contributed by atoms with Gasteiger partial charge in [-0.1, -0.05) is 13.8 Å². The summed E-state index contributed by atoms with van der Waals surface area (Å²) < 4.78 is 24.4. The lowest BCUT2D eigenvalue weighted by Crippen LogP contribution is -2.66. The van der Waals surface area contributed by atoms with E-state index in [1.807, 2.05) is 6.92 Å². The Hall–Kier alpha value is -3.20. The van der Waals surface area contributed by atoms with E-state index in [4.69, 9.17) is 18.6 Å². The Morgan fingerprint density at radius 3 is 2.48 bits per heavy atom. The van der Waals surface area contributed by atoms with E-state index in [2.05, 4.69) is 18.8 Å². The van der Waals surface area contributed by atoms with Crippen molar-refractivity contribution in [3.8, 4) is 17.1 Å². The highest BCUT2D eigenvalue weighted by Gasteiger charge is 2.67. The van der Waals surface area contributed by atoms with E-state index in [-0.39, 0.29) is 41.9 Å². The van der Waals surface area contributed by atoms with Crippen LogP contribution in [0.1, 0.15) is 83.8 Å². The van der Waals surface area contributed by atoms with Crippen molar-refractivity contribution in [2.75, 3.05) is 6.61 Å². The van der Waals surface area contributed by atoms with Gasteiger partial charge in [-0.2, -0.15) is 0 Å². The van der Waals surface area contributed by atoms with Gasteiger partial charge in [0.05, 0.1) is 17.9 Å². The van der Waals surface area contributed by atoms with Crippen molar-refractivity contribution in [2.45, 2.75) is 89.9 Å². The minimum Gasteiger partial charge on any atom is -0.486 e. The van der Waals surface area contributed by atoms with Gasteiger partial charge in [0.2, 0.25) is 0 Å². The molecule has 1 N–H and O–H groups in total. The Bertz CT molecular complexity index is 1460. The molecule has 9 heteroatoms. The molecule has 9 nitrogen and oxygen atoms in total. The fourth-order valence-electron chi connectivity index (χ4n) is 8.56. The molecular formula is C33H39NO8. The largest absolute Gasteiger partial charge is 0.486 e. The highest BCUT2D eigenvalue weighted by molar-refractivity contribution is 5.75. The number of fused-ring (bicyclic) bond motifs is 4. The molecule has 4 aliphatic carbocycles. The summed E-state index contributed by atoms with van der Waals surface area (Å²) in [6.07, 6.45) is 7.75. The molecule has 4 fully saturated rings. The Kier molecular flexibility index (Phi) is 6.35. The Balaban J connectivity index is 1.24. The quantitative estimate of drug-likeness (QED) is 0.473. The van der Waals surface area contributed by atoms with Gasteiger partial charge in [-0.05, 0) is 81.8 Å². The zero-order valence-electron chi connectivity index (χ0n) is 24.5. The van der Waals surface area contributed by atoms with Gasteiger partial charge in [0.1, 0.15) is 35.4 Å². The maximum Gasteiger partial charge on any atom is 0.345 e. The number of hydrogen-bond donors (Lipinski definition) is 1. The van der Waals surface area contributed by atoms with Crippen molar-refractivity contribution in [3.05, 3.63) is 46.6 Å². The maximum absolute atomic E-state index is 13.4. The second-order valence-corrected chi connectivity index (χ2v) is 14.0. The van der Waals surface area contributed by atoms with Gasteiger partial charge in [0, 0.05) is 35.4 Å². The van der Waals surface area contributed by atoms with Crippen LogP contribution in [0.3, 0.4) is 0 Å². The van der Waals surface area contributed by atoms with Gasteiger partial charge in [-0.15, -0.1) is 0 Å². The van der Waals surface area contributed by atoms with Crippen LogP contribution in [0, 0.1) is 34.5 Å². The Morgan fingerprint density at radius 2 is 1.79 bits per heavy atom. The first-order chi connectivity index (χ1) is 20.0. The third-order valence-corrected chi connectivity index (χ3v) is 11.0. The molecule has 3 heterocycles. The number of carbonyl (C=O) groups excluding carboxylic acids is 2. The van der Waals surface area contributed by atoms with E-state index >= 15 is 0 Å². The van der Waals surface area contributed by atoms with E-state index < -0.39 is 40.2 Å². The van der Waals surface area contributed by atoms with Crippen molar-refractivity contribution >= 4 is 11.9 Å². The number of ether oxygens (including phenoxy) is 3. The summed E-state index contributed by atoms with van der Waals surface area (Å²) in [6, 6.07) is 5.25. The molecule has 0 spiro atoms. The minimum absolute atomic E-state index is 0.0351. The summed E-state index contributed by atoms with van der Waals surface area (Å²) in [6.45, 7) is 6.40. The first-order valence-electron chi connectivity index (χ1n) is 15.4. The van der Waals surface area contributed by atoms with Crippen LogP contribution in [0.2, 0.25) is 0 Å². The van der Waals surface area contributed by atoms with Gasteiger partial charge in [-0.3, -0.25) is 14.6 Å². The number of rotatable bonds is 6. The molecule has 42 heavy (non-hydrogen) atoms. The van der Waals surface area contributed by atoms with Crippen LogP contribution >= 0.6 is 0 Å². The second kappa shape index (κ2) is 9.66. The fraction of sp³-hybridized carbons (Fsp3) is 0.636. The molecule has 0 saturated heterocycles.